The monoisotopic (exact) mass is 876 g/mol. The highest BCUT2D eigenvalue weighted by Gasteiger charge is 2.42. The predicted molar refractivity (Wildman–Crippen MR) is 229 cm³/mol. The van der Waals surface area contributed by atoms with Crippen LogP contribution in [-0.4, -0.2) is 87.3 Å². The first kappa shape index (κ1) is 47.1. The van der Waals surface area contributed by atoms with Gasteiger partial charge in [0.05, 0.1) is 13.2 Å². The molecule has 2 saturated heterocycles. The number of hydrogen-bond acceptors (Lipinski definition) is 9. The van der Waals surface area contributed by atoms with Gasteiger partial charge in [0.1, 0.15) is 24.8 Å². The van der Waals surface area contributed by atoms with Crippen molar-refractivity contribution in [2.24, 2.45) is 16.6 Å². The van der Waals surface area contributed by atoms with Crippen molar-refractivity contribution in [1.82, 2.24) is 15.5 Å². The van der Waals surface area contributed by atoms with Gasteiger partial charge in [-0.05, 0) is 133 Å². The van der Waals surface area contributed by atoms with Crippen LogP contribution in [0.25, 0.3) is 0 Å². The number of Topliss-reactive ketones (excluding diaryl/α,β-unsaturated/α-hetero) is 2. The number of benzene rings is 4. The summed E-state index contributed by atoms with van der Waals surface area (Å²) in [5.74, 6) is -1.25. The number of fused-ring (bicyclic) bond motifs is 2. The van der Waals surface area contributed by atoms with Crippen LogP contribution in [0.3, 0.4) is 0 Å². The molecule has 0 radical (unpaired) electrons. The molecule has 5 N–H and O–H groups in total. The maximum atomic E-state index is 13.8. The highest BCUT2D eigenvalue weighted by Crippen LogP contribution is 2.44. The molecule has 2 heterocycles. The third kappa shape index (κ3) is 12.4. The van der Waals surface area contributed by atoms with Gasteiger partial charge in [0.2, 0.25) is 0 Å². The Kier molecular flexibility index (Phi) is 16.3. The summed E-state index contributed by atoms with van der Waals surface area (Å²) in [7, 11) is 1.57. The lowest BCUT2D eigenvalue weighted by Crippen LogP contribution is -2.49. The highest BCUT2D eigenvalue weighted by atomic mass is 19.1. The fourth-order valence-corrected chi connectivity index (χ4v) is 8.81. The lowest BCUT2D eigenvalue weighted by molar-refractivity contribution is 0.0734. The van der Waals surface area contributed by atoms with Crippen molar-refractivity contribution in [1.29, 1.82) is 0 Å². The van der Waals surface area contributed by atoms with E-state index in [1.54, 1.807) is 42.3 Å². The number of ether oxygens (including phenoxy) is 3. The summed E-state index contributed by atoms with van der Waals surface area (Å²) in [5.41, 5.74) is 9.90. The van der Waals surface area contributed by atoms with E-state index in [0.29, 0.717) is 75.2 Å². The molecule has 2 amide bonds. The van der Waals surface area contributed by atoms with Crippen molar-refractivity contribution in [3.8, 4) is 11.5 Å². The van der Waals surface area contributed by atoms with Crippen LogP contribution in [0, 0.1) is 34.1 Å². The third-order valence-corrected chi connectivity index (χ3v) is 12.3. The number of methoxy groups -OCH3 is 1. The van der Waals surface area contributed by atoms with Gasteiger partial charge in [-0.2, -0.15) is 0 Å². The molecule has 2 fully saturated rings. The molecule has 4 aromatic rings. The first-order chi connectivity index (χ1) is 30.3. The average Bonchev–Trinajstić information content (AvgIpc) is 3.28. The quantitative estimate of drug-likeness (QED) is 0.0967. The Balaban J connectivity index is 0.000000178. The SMILES string of the molecule is COCCOc1cc(CN)ccc1F.O=C1CC2(CCN(C(=O)NCc3ccc(F)c(OCCO)c3)CC2)Cc2ccc(F)cc21.O=C1CC2(CCNCC2)Cc2ccc(F)cc21. The van der Waals surface area contributed by atoms with Crippen LogP contribution in [0.15, 0.2) is 72.8 Å². The second-order valence-electron chi connectivity index (χ2n) is 16.7. The number of carbonyl (C=O) groups is 3. The number of piperidine rings is 2. The maximum absolute atomic E-state index is 13.8. The summed E-state index contributed by atoms with van der Waals surface area (Å²) < 4.78 is 68.6. The Morgan fingerprint density at radius 1 is 0.714 bits per heavy atom. The zero-order chi connectivity index (χ0) is 45.0. The molecule has 4 aliphatic rings. The summed E-state index contributed by atoms with van der Waals surface area (Å²) in [4.78, 5) is 39.1. The molecular formula is C48H56F4N4O7. The molecule has 11 nitrogen and oxygen atoms in total. The summed E-state index contributed by atoms with van der Waals surface area (Å²) in [6, 6.07) is 17.8. The molecule has 0 bridgehead atoms. The number of hydrogen-bond donors (Lipinski definition) is 4. The fourth-order valence-electron chi connectivity index (χ4n) is 8.81. The first-order valence-corrected chi connectivity index (χ1v) is 21.3. The number of aliphatic hydroxyl groups is 1. The number of carbonyl (C=O) groups excluding carboxylic acids is 3. The number of aliphatic hydroxyl groups excluding tert-OH is 1. The number of nitrogens with zero attached hydrogens (tertiary/aromatic N) is 1. The van der Waals surface area contributed by atoms with Gasteiger partial charge in [0, 0.05) is 57.3 Å². The van der Waals surface area contributed by atoms with E-state index >= 15 is 0 Å². The zero-order valence-corrected chi connectivity index (χ0v) is 35.6. The van der Waals surface area contributed by atoms with Gasteiger partial charge in [0.15, 0.2) is 34.7 Å². The maximum Gasteiger partial charge on any atom is 0.317 e. The van der Waals surface area contributed by atoms with Crippen LogP contribution in [0.4, 0.5) is 22.4 Å². The van der Waals surface area contributed by atoms with Crippen molar-refractivity contribution in [3.05, 3.63) is 129 Å². The van der Waals surface area contributed by atoms with Crippen molar-refractivity contribution < 1.29 is 51.3 Å². The van der Waals surface area contributed by atoms with Crippen molar-refractivity contribution in [3.63, 3.8) is 0 Å². The summed E-state index contributed by atoms with van der Waals surface area (Å²) >= 11 is 0. The summed E-state index contributed by atoms with van der Waals surface area (Å²) in [5, 5.41) is 15.0. The normalized spacial score (nSPS) is 17.1. The van der Waals surface area contributed by atoms with E-state index in [4.69, 9.17) is 25.1 Å². The van der Waals surface area contributed by atoms with Crippen molar-refractivity contribution in [2.45, 2.75) is 64.5 Å². The van der Waals surface area contributed by atoms with Crippen LogP contribution >= 0.6 is 0 Å². The predicted octanol–water partition coefficient (Wildman–Crippen LogP) is 7.09. The minimum atomic E-state index is -0.527. The molecule has 338 valence electrons. The zero-order valence-electron chi connectivity index (χ0n) is 35.6. The van der Waals surface area contributed by atoms with Gasteiger partial charge in [-0.15, -0.1) is 0 Å². The molecule has 0 atom stereocenters. The average molecular weight is 877 g/mol. The lowest BCUT2D eigenvalue weighted by Gasteiger charge is -2.44. The topological polar surface area (TPSA) is 152 Å². The molecular weight excluding hydrogens is 821 g/mol. The van der Waals surface area contributed by atoms with Crippen molar-refractivity contribution in [2.75, 3.05) is 59.7 Å². The molecule has 4 aromatic carbocycles. The second kappa shape index (κ2) is 21.8. The lowest BCUT2D eigenvalue weighted by atomic mass is 9.66. The first-order valence-electron chi connectivity index (χ1n) is 21.3. The van der Waals surface area contributed by atoms with Crippen molar-refractivity contribution >= 4 is 17.6 Å². The van der Waals surface area contributed by atoms with Gasteiger partial charge in [-0.25, -0.2) is 22.4 Å². The Morgan fingerprint density at radius 3 is 1.78 bits per heavy atom. The van der Waals surface area contributed by atoms with Gasteiger partial charge in [0.25, 0.3) is 0 Å². The Hall–Kier alpha value is -5.35. The number of ketones is 2. The van der Waals surface area contributed by atoms with Gasteiger partial charge in [-0.3, -0.25) is 9.59 Å². The number of urea groups is 1. The molecule has 0 aromatic heterocycles. The highest BCUT2D eigenvalue weighted by molar-refractivity contribution is 5.99. The number of nitrogens with one attached hydrogen (secondary N) is 2. The fraction of sp³-hybridized carbons (Fsp3) is 0.438. The third-order valence-electron chi connectivity index (χ3n) is 12.3. The molecule has 2 aliphatic heterocycles. The van der Waals surface area contributed by atoms with E-state index < -0.39 is 11.6 Å². The minimum absolute atomic E-state index is 0.00974. The molecule has 63 heavy (non-hydrogen) atoms. The van der Waals surface area contributed by atoms with Crippen LogP contribution in [0.1, 0.15) is 81.5 Å². The van der Waals surface area contributed by atoms with Crippen LogP contribution in [0.2, 0.25) is 0 Å². The molecule has 2 aliphatic carbocycles. The van der Waals surface area contributed by atoms with E-state index in [1.165, 1.54) is 42.5 Å². The van der Waals surface area contributed by atoms with Crippen LogP contribution in [0.5, 0.6) is 11.5 Å². The van der Waals surface area contributed by atoms with Gasteiger partial charge >= 0.3 is 6.03 Å². The molecule has 0 unspecified atom stereocenters. The standard InChI is InChI=1S/C24H26F2N2O4.C14H16FNO.C10H14FNO2/c25-18-3-2-17-13-24(14-21(30)19(17)12-18)5-7-28(8-6-24)23(31)27-15-16-1-4-20(26)22(11-16)32-10-9-29;15-11-2-1-10-8-14(3-5-16-6-4-14)9-13(17)12(10)7-11;1-13-4-5-14-10-6-8(7-12)2-3-9(10)11/h1-4,11-12,29H,5-10,13-15H2,(H,27,31);1-2,7,16H,3-6,8-9H2;2-3,6H,4-5,7,12H2,1H3. The Bertz CT molecular complexity index is 2230. The smallest absolute Gasteiger partial charge is 0.317 e. The van der Waals surface area contributed by atoms with Crippen LogP contribution < -0.4 is 25.8 Å². The van der Waals surface area contributed by atoms with E-state index in [0.717, 1.165) is 55.5 Å². The Labute approximate surface area is 365 Å². The van der Waals surface area contributed by atoms with E-state index in [1.807, 2.05) is 0 Å². The van der Waals surface area contributed by atoms with Crippen LogP contribution in [-0.2, 0) is 30.7 Å². The van der Waals surface area contributed by atoms with Gasteiger partial charge in [-0.1, -0.05) is 24.3 Å². The molecule has 8 rings (SSSR count). The van der Waals surface area contributed by atoms with Gasteiger partial charge < -0.3 is 40.6 Å². The van der Waals surface area contributed by atoms with E-state index in [2.05, 4.69) is 10.6 Å². The molecule has 15 heteroatoms. The van der Waals surface area contributed by atoms with E-state index in [9.17, 15) is 31.9 Å². The number of halogens is 4. The number of rotatable bonds is 10. The second-order valence-corrected chi connectivity index (χ2v) is 16.7. The molecule has 2 spiro atoms. The minimum Gasteiger partial charge on any atom is -0.488 e. The largest absolute Gasteiger partial charge is 0.488 e. The Morgan fingerprint density at radius 2 is 1.24 bits per heavy atom. The number of likely N-dealkylation sites (tertiary alicyclic amines) is 1. The number of amides is 2. The molecule has 0 saturated carbocycles. The number of nitrogens with two attached hydrogens (primary N) is 1. The van der Waals surface area contributed by atoms with E-state index in [-0.39, 0.29) is 71.3 Å². The summed E-state index contributed by atoms with van der Waals surface area (Å²) in [6.45, 7) is 4.18. The summed E-state index contributed by atoms with van der Waals surface area (Å²) in [6.07, 6.45) is 6.13.